The maximum absolute atomic E-state index is 13.1. The van der Waals surface area contributed by atoms with Crippen molar-refractivity contribution in [3.05, 3.63) is 66.2 Å². The topological polar surface area (TPSA) is 49.4 Å². The Labute approximate surface area is 172 Å². The zero-order chi connectivity index (χ0) is 20.2. The molecule has 0 aliphatic rings. The molecule has 0 radical (unpaired) electrons. The standard InChI is InChI=1S/C23H30N2O2S/c1-3-5-16-24-23(27)21(4-2)25(17-19-12-8-6-9-13-19)22(26)18-28-20-14-10-7-11-15-20/h6-15,21H,3-5,16-18H2,1-2H3,(H,24,27)/t21-/m0/s1. The Morgan fingerprint density at radius 3 is 2.25 bits per heavy atom. The fourth-order valence-corrected chi connectivity index (χ4v) is 3.76. The molecule has 0 spiro atoms. The van der Waals surface area contributed by atoms with Crippen LogP contribution < -0.4 is 5.32 Å². The monoisotopic (exact) mass is 398 g/mol. The average Bonchev–Trinajstić information content (AvgIpc) is 2.73. The van der Waals surface area contributed by atoms with Crippen LogP contribution in [0.4, 0.5) is 0 Å². The number of rotatable bonds is 11. The molecule has 0 fully saturated rings. The largest absolute Gasteiger partial charge is 0.354 e. The van der Waals surface area contributed by atoms with Crippen LogP contribution in [-0.4, -0.2) is 35.1 Å². The summed E-state index contributed by atoms with van der Waals surface area (Å²) in [6.07, 6.45) is 2.56. The van der Waals surface area contributed by atoms with Gasteiger partial charge in [0, 0.05) is 18.0 Å². The Hall–Kier alpha value is -2.27. The van der Waals surface area contributed by atoms with Gasteiger partial charge in [0.25, 0.3) is 0 Å². The van der Waals surface area contributed by atoms with Gasteiger partial charge >= 0.3 is 0 Å². The quantitative estimate of drug-likeness (QED) is 0.448. The second-order valence-electron chi connectivity index (χ2n) is 6.68. The van der Waals surface area contributed by atoms with Crippen molar-refractivity contribution in [2.45, 2.75) is 50.6 Å². The van der Waals surface area contributed by atoms with Gasteiger partial charge in [-0.15, -0.1) is 11.8 Å². The number of nitrogens with zero attached hydrogens (tertiary/aromatic N) is 1. The Bertz CT molecular complexity index is 722. The molecule has 0 heterocycles. The highest BCUT2D eigenvalue weighted by atomic mass is 32.2. The van der Waals surface area contributed by atoms with Gasteiger partial charge < -0.3 is 10.2 Å². The number of unbranched alkanes of at least 4 members (excludes halogenated alkanes) is 1. The lowest BCUT2D eigenvalue weighted by atomic mass is 10.1. The number of amides is 2. The molecule has 2 rings (SSSR count). The van der Waals surface area contributed by atoms with E-state index in [-0.39, 0.29) is 11.8 Å². The van der Waals surface area contributed by atoms with Crippen molar-refractivity contribution in [1.29, 1.82) is 0 Å². The summed E-state index contributed by atoms with van der Waals surface area (Å²) >= 11 is 1.51. The van der Waals surface area contributed by atoms with Crippen LogP contribution in [0.3, 0.4) is 0 Å². The summed E-state index contributed by atoms with van der Waals surface area (Å²) in [6, 6.07) is 19.3. The molecule has 0 aliphatic carbocycles. The summed E-state index contributed by atoms with van der Waals surface area (Å²) in [6.45, 7) is 5.14. The molecule has 2 amide bonds. The zero-order valence-electron chi connectivity index (χ0n) is 16.8. The number of thioether (sulfide) groups is 1. The van der Waals surface area contributed by atoms with Crippen LogP contribution in [-0.2, 0) is 16.1 Å². The fourth-order valence-electron chi connectivity index (χ4n) is 2.95. The third-order valence-corrected chi connectivity index (χ3v) is 5.51. The van der Waals surface area contributed by atoms with Gasteiger partial charge in [-0.05, 0) is 30.5 Å². The van der Waals surface area contributed by atoms with Crippen molar-refractivity contribution in [3.8, 4) is 0 Å². The van der Waals surface area contributed by atoms with E-state index in [1.165, 1.54) is 11.8 Å². The second-order valence-corrected chi connectivity index (χ2v) is 7.73. The highest BCUT2D eigenvalue weighted by Gasteiger charge is 2.28. The minimum Gasteiger partial charge on any atom is -0.354 e. The highest BCUT2D eigenvalue weighted by molar-refractivity contribution is 8.00. The van der Waals surface area contributed by atoms with Gasteiger partial charge in [0.15, 0.2) is 0 Å². The van der Waals surface area contributed by atoms with E-state index in [1.54, 1.807) is 4.90 Å². The van der Waals surface area contributed by atoms with Gasteiger partial charge in [-0.3, -0.25) is 9.59 Å². The summed E-state index contributed by atoms with van der Waals surface area (Å²) in [7, 11) is 0. The fraction of sp³-hybridized carbons (Fsp3) is 0.391. The molecule has 2 aromatic carbocycles. The number of hydrogen-bond donors (Lipinski definition) is 1. The Morgan fingerprint density at radius 2 is 1.64 bits per heavy atom. The van der Waals surface area contributed by atoms with Gasteiger partial charge in [0.2, 0.25) is 11.8 Å². The van der Waals surface area contributed by atoms with Crippen molar-refractivity contribution in [1.82, 2.24) is 10.2 Å². The molecule has 5 heteroatoms. The first-order chi connectivity index (χ1) is 13.7. The number of carbonyl (C=O) groups excluding carboxylic acids is 2. The van der Waals surface area contributed by atoms with Gasteiger partial charge in [0.05, 0.1) is 5.75 Å². The van der Waals surface area contributed by atoms with Crippen molar-refractivity contribution >= 4 is 23.6 Å². The average molecular weight is 399 g/mol. The number of benzene rings is 2. The summed E-state index contributed by atoms with van der Waals surface area (Å²) in [5, 5.41) is 2.99. The van der Waals surface area contributed by atoms with E-state index in [0.29, 0.717) is 25.3 Å². The minimum absolute atomic E-state index is 0.0183. The smallest absolute Gasteiger partial charge is 0.242 e. The molecule has 2 aromatic rings. The highest BCUT2D eigenvalue weighted by Crippen LogP contribution is 2.20. The summed E-state index contributed by atoms with van der Waals surface area (Å²) in [4.78, 5) is 28.6. The molecule has 0 aliphatic heterocycles. The first-order valence-electron chi connectivity index (χ1n) is 9.94. The van der Waals surface area contributed by atoms with Gasteiger partial charge in [0.1, 0.15) is 6.04 Å². The molecule has 0 saturated heterocycles. The predicted octanol–water partition coefficient (Wildman–Crippen LogP) is 4.50. The maximum Gasteiger partial charge on any atom is 0.242 e. The van der Waals surface area contributed by atoms with E-state index >= 15 is 0 Å². The van der Waals surface area contributed by atoms with Crippen LogP contribution in [0.2, 0.25) is 0 Å². The van der Waals surface area contributed by atoms with Crippen LogP contribution in [0.1, 0.15) is 38.7 Å². The Balaban J connectivity index is 2.12. The lowest BCUT2D eigenvalue weighted by Crippen LogP contribution is -2.49. The number of hydrogen-bond acceptors (Lipinski definition) is 3. The summed E-state index contributed by atoms with van der Waals surface area (Å²) in [5.74, 6) is 0.232. The van der Waals surface area contributed by atoms with Gasteiger partial charge in [-0.2, -0.15) is 0 Å². The van der Waals surface area contributed by atoms with Crippen LogP contribution in [0.5, 0.6) is 0 Å². The van der Waals surface area contributed by atoms with Crippen molar-refractivity contribution in [2.24, 2.45) is 0 Å². The Kier molecular flexibility index (Phi) is 9.63. The molecular weight excluding hydrogens is 368 g/mol. The minimum atomic E-state index is -0.457. The number of nitrogens with one attached hydrogen (secondary N) is 1. The molecule has 1 N–H and O–H groups in total. The van der Waals surface area contributed by atoms with Crippen molar-refractivity contribution in [3.63, 3.8) is 0 Å². The van der Waals surface area contributed by atoms with E-state index in [9.17, 15) is 9.59 Å². The van der Waals surface area contributed by atoms with E-state index < -0.39 is 6.04 Å². The molecule has 4 nitrogen and oxygen atoms in total. The van der Waals surface area contributed by atoms with Gasteiger partial charge in [-0.25, -0.2) is 0 Å². The van der Waals surface area contributed by atoms with E-state index in [2.05, 4.69) is 12.2 Å². The molecule has 28 heavy (non-hydrogen) atoms. The molecule has 0 saturated carbocycles. The molecule has 150 valence electrons. The second kappa shape index (κ2) is 12.2. The van der Waals surface area contributed by atoms with Crippen LogP contribution in [0.15, 0.2) is 65.6 Å². The molecule has 1 atom stereocenters. The van der Waals surface area contributed by atoms with E-state index in [1.807, 2.05) is 67.6 Å². The van der Waals surface area contributed by atoms with Gasteiger partial charge in [-0.1, -0.05) is 68.8 Å². The third kappa shape index (κ3) is 7.04. The van der Waals surface area contributed by atoms with E-state index in [4.69, 9.17) is 0 Å². The first kappa shape index (κ1) is 22.0. The SMILES string of the molecule is CCCCNC(=O)[C@H](CC)N(Cc1ccccc1)C(=O)CSc1ccccc1. The molecule has 0 unspecified atom stereocenters. The lowest BCUT2D eigenvalue weighted by molar-refractivity contribution is -0.139. The summed E-state index contributed by atoms with van der Waals surface area (Å²) in [5.41, 5.74) is 1.03. The predicted molar refractivity (Wildman–Crippen MR) is 116 cm³/mol. The number of carbonyl (C=O) groups is 2. The first-order valence-corrected chi connectivity index (χ1v) is 10.9. The molecular formula is C23H30N2O2S. The zero-order valence-corrected chi connectivity index (χ0v) is 17.6. The lowest BCUT2D eigenvalue weighted by Gasteiger charge is -2.30. The third-order valence-electron chi connectivity index (χ3n) is 4.52. The van der Waals surface area contributed by atoms with E-state index in [0.717, 1.165) is 23.3 Å². The molecule has 0 aromatic heterocycles. The molecule has 0 bridgehead atoms. The maximum atomic E-state index is 13.1. The summed E-state index contributed by atoms with van der Waals surface area (Å²) < 4.78 is 0. The van der Waals surface area contributed by atoms with Crippen LogP contribution in [0, 0.1) is 0 Å². The van der Waals surface area contributed by atoms with Crippen LogP contribution >= 0.6 is 11.8 Å². The van der Waals surface area contributed by atoms with Crippen LogP contribution in [0.25, 0.3) is 0 Å². The normalized spacial score (nSPS) is 11.6. The Morgan fingerprint density at radius 1 is 1.00 bits per heavy atom. The van der Waals surface area contributed by atoms with Crippen molar-refractivity contribution in [2.75, 3.05) is 12.3 Å². The van der Waals surface area contributed by atoms with Crippen molar-refractivity contribution < 1.29 is 9.59 Å².